The highest BCUT2D eigenvalue weighted by Gasteiger charge is 2.45. The normalized spacial score (nSPS) is 18.9. The monoisotopic (exact) mass is 325 g/mol. The first-order valence-electron chi connectivity index (χ1n) is 8.34. The fourth-order valence-electron chi connectivity index (χ4n) is 3.14. The lowest BCUT2D eigenvalue weighted by molar-refractivity contribution is -0.131. The molecule has 2 aromatic rings. The Morgan fingerprint density at radius 2 is 2.04 bits per heavy atom. The minimum atomic E-state index is 0.0102. The number of ether oxygens (including phenoxy) is 1. The van der Waals surface area contributed by atoms with Crippen LogP contribution in [0.4, 0.5) is 0 Å². The number of rotatable bonds is 6. The van der Waals surface area contributed by atoms with Gasteiger partial charge in [0.2, 0.25) is 5.91 Å². The number of hydrogen-bond donors (Lipinski definition) is 1. The van der Waals surface area contributed by atoms with E-state index in [4.69, 9.17) is 4.74 Å². The number of phenols is 1. The molecule has 2 atom stereocenters. The van der Waals surface area contributed by atoms with Gasteiger partial charge in [-0.1, -0.05) is 30.3 Å². The summed E-state index contributed by atoms with van der Waals surface area (Å²) >= 11 is 0. The van der Waals surface area contributed by atoms with Crippen LogP contribution >= 0.6 is 0 Å². The van der Waals surface area contributed by atoms with Crippen LogP contribution < -0.4 is 4.74 Å². The van der Waals surface area contributed by atoms with E-state index in [1.54, 1.807) is 17.0 Å². The van der Waals surface area contributed by atoms with Crippen molar-refractivity contribution in [2.45, 2.75) is 25.8 Å². The first-order valence-corrected chi connectivity index (χ1v) is 8.34. The second-order valence-electron chi connectivity index (χ2n) is 6.28. The number of nitrogens with zero attached hydrogens (tertiary/aromatic N) is 1. The van der Waals surface area contributed by atoms with Gasteiger partial charge in [0.1, 0.15) is 11.5 Å². The Bertz CT molecular complexity index is 728. The second-order valence-corrected chi connectivity index (χ2v) is 6.28. The fraction of sp³-hybridized carbons (Fsp3) is 0.350. The van der Waals surface area contributed by atoms with Crippen molar-refractivity contribution in [3.05, 3.63) is 59.7 Å². The van der Waals surface area contributed by atoms with Crippen LogP contribution in [-0.4, -0.2) is 29.6 Å². The fourth-order valence-corrected chi connectivity index (χ4v) is 3.14. The molecule has 4 heteroatoms. The molecule has 0 spiro atoms. The first-order chi connectivity index (χ1) is 11.6. The van der Waals surface area contributed by atoms with Crippen LogP contribution in [0, 0.1) is 5.92 Å². The molecule has 1 fully saturated rings. The first kappa shape index (κ1) is 16.4. The molecule has 1 saturated carbocycles. The molecule has 24 heavy (non-hydrogen) atoms. The summed E-state index contributed by atoms with van der Waals surface area (Å²) in [6, 6.07) is 15.0. The SMILES string of the molecule is CCOc1ccccc1CN(C)C(=O)C1CC1c1cccc(O)c1. The Morgan fingerprint density at radius 1 is 1.25 bits per heavy atom. The van der Waals surface area contributed by atoms with E-state index in [1.807, 2.05) is 50.4 Å². The van der Waals surface area contributed by atoms with Crippen LogP contribution in [0.5, 0.6) is 11.5 Å². The van der Waals surface area contributed by atoms with Crippen molar-refractivity contribution in [1.82, 2.24) is 4.90 Å². The molecule has 0 bridgehead atoms. The molecule has 4 nitrogen and oxygen atoms in total. The van der Waals surface area contributed by atoms with E-state index in [9.17, 15) is 9.90 Å². The van der Waals surface area contributed by atoms with Crippen molar-refractivity contribution in [1.29, 1.82) is 0 Å². The summed E-state index contributed by atoms with van der Waals surface area (Å²) in [4.78, 5) is 14.4. The van der Waals surface area contributed by atoms with E-state index < -0.39 is 0 Å². The van der Waals surface area contributed by atoms with Crippen molar-refractivity contribution in [2.24, 2.45) is 5.92 Å². The van der Waals surface area contributed by atoms with Crippen LogP contribution in [-0.2, 0) is 11.3 Å². The maximum absolute atomic E-state index is 12.7. The van der Waals surface area contributed by atoms with Crippen molar-refractivity contribution < 1.29 is 14.6 Å². The van der Waals surface area contributed by atoms with Gasteiger partial charge < -0.3 is 14.7 Å². The summed E-state index contributed by atoms with van der Waals surface area (Å²) in [7, 11) is 1.84. The predicted octanol–water partition coefficient (Wildman–Crippen LogP) is 3.55. The van der Waals surface area contributed by atoms with Gasteiger partial charge in [0.05, 0.1) is 6.61 Å². The third-order valence-corrected chi connectivity index (χ3v) is 4.46. The van der Waals surface area contributed by atoms with Crippen molar-refractivity contribution in [2.75, 3.05) is 13.7 Å². The summed E-state index contributed by atoms with van der Waals surface area (Å²) in [5.41, 5.74) is 2.06. The average molecular weight is 325 g/mol. The number of para-hydroxylation sites is 1. The van der Waals surface area contributed by atoms with Crippen LogP contribution in [0.3, 0.4) is 0 Å². The average Bonchev–Trinajstić information content (AvgIpc) is 3.37. The number of carbonyl (C=O) groups excluding carboxylic acids is 1. The summed E-state index contributed by atoms with van der Waals surface area (Å²) in [5.74, 6) is 1.46. The van der Waals surface area contributed by atoms with E-state index in [0.717, 1.165) is 23.3 Å². The van der Waals surface area contributed by atoms with Crippen LogP contribution in [0.25, 0.3) is 0 Å². The van der Waals surface area contributed by atoms with Crippen molar-refractivity contribution in [3.63, 3.8) is 0 Å². The van der Waals surface area contributed by atoms with Crippen LogP contribution in [0.2, 0.25) is 0 Å². The largest absolute Gasteiger partial charge is 0.508 e. The highest BCUT2D eigenvalue weighted by molar-refractivity contribution is 5.83. The molecule has 1 N–H and O–H groups in total. The molecule has 0 heterocycles. The molecule has 126 valence electrons. The molecule has 0 saturated heterocycles. The summed E-state index contributed by atoms with van der Waals surface area (Å²) in [5, 5.41) is 9.59. The highest BCUT2D eigenvalue weighted by Crippen LogP contribution is 2.49. The quantitative estimate of drug-likeness (QED) is 0.883. The van der Waals surface area contributed by atoms with Crippen LogP contribution in [0.1, 0.15) is 30.4 Å². The maximum atomic E-state index is 12.7. The standard InChI is InChI=1S/C20H23NO3/c1-3-24-19-10-5-4-7-15(19)13-21(2)20(23)18-12-17(18)14-8-6-9-16(22)11-14/h4-11,17-18,22H,3,12-13H2,1-2H3. The van der Waals surface area contributed by atoms with Gasteiger partial charge >= 0.3 is 0 Å². The minimum absolute atomic E-state index is 0.0102. The number of hydrogen-bond acceptors (Lipinski definition) is 3. The summed E-state index contributed by atoms with van der Waals surface area (Å²) in [6.07, 6.45) is 0.847. The molecule has 2 unspecified atom stereocenters. The molecule has 0 aromatic heterocycles. The highest BCUT2D eigenvalue weighted by atomic mass is 16.5. The lowest BCUT2D eigenvalue weighted by atomic mass is 10.1. The molecule has 1 aliphatic carbocycles. The third kappa shape index (κ3) is 3.53. The van der Waals surface area contributed by atoms with E-state index in [0.29, 0.717) is 13.2 Å². The Morgan fingerprint density at radius 3 is 2.79 bits per heavy atom. The summed E-state index contributed by atoms with van der Waals surface area (Å²) < 4.78 is 5.63. The van der Waals surface area contributed by atoms with Gasteiger partial charge in [0, 0.05) is 25.1 Å². The van der Waals surface area contributed by atoms with Gasteiger partial charge in [-0.2, -0.15) is 0 Å². The molecular formula is C20H23NO3. The zero-order chi connectivity index (χ0) is 17.1. The zero-order valence-corrected chi connectivity index (χ0v) is 14.1. The van der Waals surface area contributed by atoms with Crippen molar-refractivity contribution >= 4 is 5.91 Å². The number of aromatic hydroxyl groups is 1. The Labute approximate surface area is 142 Å². The number of carbonyl (C=O) groups is 1. The molecule has 0 aliphatic heterocycles. The van der Waals surface area contributed by atoms with E-state index in [2.05, 4.69) is 0 Å². The predicted molar refractivity (Wildman–Crippen MR) is 93.0 cm³/mol. The van der Waals surface area contributed by atoms with Gasteiger partial charge in [-0.15, -0.1) is 0 Å². The van der Waals surface area contributed by atoms with Gasteiger partial charge in [0.15, 0.2) is 0 Å². The summed E-state index contributed by atoms with van der Waals surface area (Å²) in [6.45, 7) is 3.10. The Kier molecular flexibility index (Phi) is 4.74. The molecular weight excluding hydrogens is 302 g/mol. The van der Waals surface area contributed by atoms with Gasteiger partial charge in [-0.25, -0.2) is 0 Å². The second kappa shape index (κ2) is 6.95. The maximum Gasteiger partial charge on any atom is 0.226 e. The van der Waals surface area contributed by atoms with Crippen molar-refractivity contribution in [3.8, 4) is 11.5 Å². The number of benzene rings is 2. The lowest BCUT2D eigenvalue weighted by Gasteiger charge is -2.19. The Balaban J connectivity index is 1.64. The Hall–Kier alpha value is -2.49. The van der Waals surface area contributed by atoms with E-state index in [-0.39, 0.29) is 23.5 Å². The third-order valence-electron chi connectivity index (χ3n) is 4.46. The van der Waals surface area contributed by atoms with E-state index >= 15 is 0 Å². The zero-order valence-electron chi connectivity index (χ0n) is 14.1. The molecule has 1 amide bonds. The number of amides is 1. The molecule has 0 radical (unpaired) electrons. The van der Waals surface area contributed by atoms with Gasteiger partial charge in [-0.05, 0) is 43.0 Å². The van der Waals surface area contributed by atoms with Crippen LogP contribution in [0.15, 0.2) is 48.5 Å². The molecule has 3 rings (SSSR count). The number of phenolic OH excluding ortho intramolecular Hbond substituents is 1. The topological polar surface area (TPSA) is 49.8 Å². The minimum Gasteiger partial charge on any atom is -0.508 e. The molecule has 1 aliphatic rings. The lowest BCUT2D eigenvalue weighted by Crippen LogP contribution is -2.28. The van der Waals surface area contributed by atoms with Gasteiger partial charge in [-0.3, -0.25) is 4.79 Å². The van der Waals surface area contributed by atoms with Gasteiger partial charge in [0.25, 0.3) is 0 Å². The van der Waals surface area contributed by atoms with E-state index in [1.165, 1.54) is 0 Å². The smallest absolute Gasteiger partial charge is 0.226 e. The molecule has 2 aromatic carbocycles.